The lowest BCUT2D eigenvalue weighted by Gasteiger charge is -2.06. The summed E-state index contributed by atoms with van der Waals surface area (Å²) in [6, 6.07) is -0.880. The fraction of sp³-hybridized carbons (Fsp3) is 0.667. The maximum Gasteiger partial charge on any atom is 0.320 e. The minimum Gasteiger partial charge on any atom is -0.481 e. The van der Waals surface area contributed by atoms with Gasteiger partial charge in [-0.2, -0.15) is 0 Å². The molecule has 0 unspecified atom stereocenters. The molecular formula is C9H17ClN2O5. The number of hydrogen-bond donors (Lipinski definition) is 4. The van der Waals surface area contributed by atoms with Gasteiger partial charge in [0.05, 0.1) is 0 Å². The molecule has 0 aliphatic rings. The van der Waals surface area contributed by atoms with E-state index in [1.165, 1.54) is 0 Å². The molecule has 1 amide bonds. The number of rotatable bonds is 8. The number of amides is 1. The van der Waals surface area contributed by atoms with E-state index in [0.29, 0.717) is 25.8 Å². The topological polar surface area (TPSA) is 130 Å². The molecule has 0 rings (SSSR count). The highest BCUT2D eigenvalue weighted by Gasteiger charge is 2.10. The van der Waals surface area contributed by atoms with Gasteiger partial charge in [0, 0.05) is 6.54 Å². The van der Waals surface area contributed by atoms with E-state index in [2.05, 4.69) is 5.32 Å². The summed E-state index contributed by atoms with van der Waals surface area (Å²) >= 11 is 0. The van der Waals surface area contributed by atoms with Crippen molar-refractivity contribution in [3.05, 3.63) is 0 Å². The van der Waals surface area contributed by atoms with Gasteiger partial charge in [0.15, 0.2) is 0 Å². The molecule has 0 aromatic carbocycles. The number of aliphatic carboxylic acids is 2. The minimum absolute atomic E-state index is 0. The first-order valence-corrected chi connectivity index (χ1v) is 4.90. The highest BCUT2D eigenvalue weighted by Crippen LogP contribution is 1.98. The van der Waals surface area contributed by atoms with Crippen molar-refractivity contribution in [2.24, 2.45) is 5.73 Å². The largest absolute Gasteiger partial charge is 0.481 e. The summed E-state index contributed by atoms with van der Waals surface area (Å²) in [6.07, 6.45) is 0.936. The highest BCUT2D eigenvalue weighted by molar-refractivity contribution is 5.93. The van der Waals surface area contributed by atoms with Crippen LogP contribution in [0.5, 0.6) is 0 Å². The van der Waals surface area contributed by atoms with Crippen LogP contribution in [0.2, 0.25) is 0 Å². The number of hydrogen-bond acceptors (Lipinski definition) is 4. The molecule has 0 saturated carbocycles. The maximum absolute atomic E-state index is 10.8. The van der Waals surface area contributed by atoms with Crippen LogP contribution in [0.1, 0.15) is 25.7 Å². The summed E-state index contributed by atoms with van der Waals surface area (Å²) in [5, 5.41) is 19.2. The number of unbranched alkanes of at least 4 members (excludes halogenated alkanes) is 1. The second-order valence-corrected chi connectivity index (χ2v) is 3.36. The van der Waals surface area contributed by atoms with Gasteiger partial charge in [0.25, 0.3) is 0 Å². The fourth-order valence-electron chi connectivity index (χ4n) is 1.04. The zero-order chi connectivity index (χ0) is 12.6. The van der Waals surface area contributed by atoms with E-state index in [0.717, 1.165) is 0 Å². The molecule has 8 heteroatoms. The summed E-state index contributed by atoms with van der Waals surface area (Å²) in [6.45, 7) is 0.332. The van der Waals surface area contributed by atoms with Crippen molar-refractivity contribution < 1.29 is 24.6 Å². The Bertz CT molecular complexity index is 272. The van der Waals surface area contributed by atoms with Crippen LogP contribution >= 0.6 is 12.4 Å². The number of carbonyl (C=O) groups is 3. The second-order valence-electron chi connectivity index (χ2n) is 3.36. The molecule has 0 saturated heterocycles. The first-order valence-electron chi connectivity index (χ1n) is 4.90. The van der Waals surface area contributed by atoms with Crippen LogP contribution in [-0.4, -0.2) is 40.6 Å². The normalized spacial score (nSPS) is 11.1. The Morgan fingerprint density at radius 3 is 2.24 bits per heavy atom. The molecule has 0 fully saturated rings. The molecule has 1 atom stereocenters. The Morgan fingerprint density at radius 1 is 1.18 bits per heavy atom. The van der Waals surface area contributed by atoms with Crippen LogP contribution in [0.3, 0.4) is 0 Å². The van der Waals surface area contributed by atoms with Gasteiger partial charge in [-0.15, -0.1) is 12.4 Å². The van der Waals surface area contributed by atoms with Crippen LogP contribution in [-0.2, 0) is 14.4 Å². The molecule has 0 aliphatic carbocycles. The molecule has 17 heavy (non-hydrogen) atoms. The summed E-state index contributed by atoms with van der Waals surface area (Å²) in [5.41, 5.74) is 5.26. The van der Waals surface area contributed by atoms with Crippen molar-refractivity contribution in [3.63, 3.8) is 0 Å². The predicted molar refractivity (Wildman–Crippen MR) is 62.0 cm³/mol. The molecular weight excluding hydrogens is 252 g/mol. The number of carboxylic acids is 2. The lowest BCUT2D eigenvalue weighted by molar-refractivity contribution is -0.141. The lowest BCUT2D eigenvalue weighted by atomic mass is 10.1. The van der Waals surface area contributed by atoms with Crippen molar-refractivity contribution in [1.82, 2.24) is 5.32 Å². The number of carbonyl (C=O) groups excluding carboxylic acids is 1. The first kappa shape index (κ1) is 18.0. The van der Waals surface area contributed by atoms with Gasteiger partial charge in [0.1, 0.15) is 12.5 Å². The molecule has 7 nitrogen and oxygen atoms in total. The summed E-state index contributed by atoms with van der Waals surface area (Å²) in [5.74, 6) is -2.77. The van der Waals surface area contributed by atoms with Crippen molar-refractivity contribution in [3.8, 4) is 0 Å². The average molecular weight is 269 g/mol. The van der Waals surface area contributed by atoms with E-state index in [9.17, 15) is 14.4 Å². The third kappa shape index (κ3) is 10.9. The standard InChI is InChI=1S/C9H16N2O5.ClH/c10-6(9(15)16)3-1-2-4-11-7(12)5-8(13)14;/h6H,1-5,10H2,(H,11,12)(H,13,14)(H,15,16);1H/t6-;/m0./s1. The number of halogens is 1. The molecule has 0 spiro atoms. The Hall–Kier alpha value is -1.34. The average Bonchev–Trinajstić information content (AvgIpc) is 2.15. The molecule has 0 bridgehead atoms. The van der Waals surface area contributed by atoms with Crippen molar-refractivity contribution in [2.75, 3.05) is 6.54 Å². The summed E-state index contributed by atoms with van der Waals surface area (Å²) < 4.78 is 0. The van der Waals surface area contributed by atoms with E-state index in [1.807, 2.05) is 0 Å². The van der Waals surface area contributed by atoms with Crippen LogP contribution in [0.15, 0.2) is 0 Å². The van der Waals surface area contributed by atoms with Gasteiger partial charge in [0.2, 0.25) is 5.91 Å². The Balaban J connectivity index is 0. The third-order valence-electron chi connectivity index (χ3n) is 1.89. The molecule has 0 aromatic heterocycles. The Kier molecular flexibility index (Phi) is 10.5. The monoisotopic (exact) mass is 268 g/mol. The van der Waals surface area contributed by atoms with Gasteiger partial charge in [-0.25, -0.2) is 0 Å². The molecule has 100 valence electrons. The second kappa shape index (κ2) is 9.86. The fourth-order valence-corrected chi connectivity index (χ4v) is 1.04. The van der Waals surface area contributed by atoms with Crippen molar-refractivity contribution in [1.29, 1.82) is 0 Å². The molecule has 0 aromatic rings. The lowest BCUT2D eigenvalue weighted by Crippen LogP contribution is -2.30. The van der Waals surface area contributed by atoms with Crippen LogP contribution in [0.4, 0.5) is 0 Å². The first-order chi connectivity index (χ1) is 7.43. The smallest absolute Gasteiger partial charge is 0.320 e. The van der Waals surface area contributed by atoms with Gasteiger partial charge in [-0.05, 0) is 19.3 Å². The zero-order valence-corrected chi connectivity index (χ0v) is 10.0. The Labute approximate surface area is 105 Å². The number of nitrogens with one attached hydrogen (secondary N) is 1. The maximum atomic E-state index is 10.8. The third-order valence-corrected chi connectivity index (χ3v) is 1.89. The van der Waals surface area contributed by atoms with Crippen LogP contribution in [0, 0.1) is 0 Å². The quantitative estimate of drug-likeness (QED) is 0.349. The van der Waals surface area contributed by atoms with Gasteiger partial charge in [-0.3, -0.25) is 14.4 Å². The van der Waals surface area contributed by atoms with Gasteiger partial charge in [-0.1, -0.05) is 0 Å². The van der Waals surface area contributed by atoms with E-state index < -0.39 is 30.3 Å². The van der Waals surface area contributed by atoms with Crippen LogP contribution < -0.4 is 11.1 Å². The van der Waals surface area contributed by atoms with E-state index in [1.54, 1.807) is 0 Å². The predicted octanol–water partition coefficient (Wildman–Crippen LogP) is -0.419. The van der Waals surface area contributed by atoms with Gasteiger partial charge < -0.3 is 21.3 Å². The van der Waals surface area contributed by atoms with Crippen LogP contribution in [0.25, 0.3) is 0 Å². The Morgan fingerprint density at radius 2 is 1.76 bits per heavy atom. The molecule has 0 radical (unpaired) electrons. The number of carboxylic acid groups (broad SMARTS) is 2. The van der Waals surface area contributed by atoms with E-state index >= 15 is 0 Å². The molecule has 0 aliphatic heterocycles. The van der Waals surface area contributed by atoms with Crippen molar-refractivity contribution in [2.45, 2.75) is 31.7 Å². The summed E-state index contributed by atoms with van der Waals surface area (Å²) in [4.78, 5) is 31.3. The summed E-state index contributed by atoms with van der Waals surface area (Å²) in [7, 11) is 0. The molecule has 0 heterocycles. The van der Waals surface area contributed by atoms with E-state index in [-0.39, 0.29) is 12.4 Å². The molecule has 5 N–H and O–H groups in total. The van der Waals surface area contributed by atoms with Crippen molar-refractivity contribution >= 4 is 30.3 Å². The van der Waals surface area contributed by atoms with E-state index in [4.69, 9.17) is 15.9 Å². The highest BCUT2D eigenvalue weighted by atomic mass is 35.5. The number of nitrogens with two attached hydrogens (primary N) is 1. The SMILES string of the molecule is Cl.N[C@@H](CCCCNC(=O)CC(=O)O)C(=O)O. The van der Waals surface area contributed by atoms with Gasteiger partial charge >= 0.3 is 11.9 Å². The minimum atomic E-state index is -1.18. The zero-order valence-electron chi connectivity index (χ0n) is 9.22.